The van der Waals surface area contributed by atoms with Gasteiger partial charge in [0.05, 0.1) is 18.1 Å². The van der Waals surface area contributed by atoms with Gasteiger partial charge in [-0.2, -0.15) is 10.1 Å². The van der Waals surface area contributed by atoms with Gasteiger partial charge in [0.1, 0.15) is 5.02 Å². The molecule has 2 aromatic rings. The number of hydrogen-bond donors (Lipinski definition) is 1. The SMILES string of the molecule is CCC(=O)N1CC2CC(N(C)c3nc(Nc4cnn(C)c4)ncc3Cl)CC2C1. The monoisotopic (exact) mass is 403 g/mol. The van der Waals surface area contributed by atoms with Gasteiger partial charge in [0.2, 0.25) is 11.9 Å². The van der Waals surface area contributed by atoms with E-state index in [2.05, 4.69) is 25.3 Å². The number of aromatic nitrogens is 4. The molecule has 0 bridgehead atoms. The highest BCUT2D eigenvalue weighted by molar-refractivity contribution is 6.32. The maximum atomic E-state index is 12.0. The molecule has 4 rings (SSSR count). The molecule has 1 amide bonds. The van der Waals surface area contributed by atoms with Crippen molar-refractivity contribution in [1.82, 2.24) is 24.6 Å². The highest BCUT2D eigenvalue weighted by Crippen LogP contribution is 2.41. The lowest BCUT2D eigenvalue weighted by Gasteiger charge is -2.28. The Morgan fingerprint density at radius 2 is 2.04 bits per heavy atom. The van der Waals surface area contributed by atoms with E-state index in [1.807, 2.05) is 32.1 Å². The number of halogens is 1. The first kappa shape index (κ1) is 19.0. The van der Waals surface area contributed by atoms with Crippen LogP contribution in [0.2, 0.25) is 5.02 Å². The van der Waals surface area contributed by atoms with Crippen LogP contribution in [0.4, 0.5) is 17.5 Å². The third-order valence-electron chi connectivity index (χ3n) is 5.95. The van der Waals surface area contributed by atoms with Crippen molar-refractivity contribution in [1.29, 1.82) is 0 Å². The van der Waals surface area contributed by atoms with Gasteiger partial charge in [-0.1, -0.05) is 18.5 Å². The number of carbonyl (C=O) groups is 1. The van der Waals surface area contributed by atoms with E-state index in [4.69, 9.17) is 11.6 Å². The molecule has 1 saturated carbocycles. The second-order valence-electron chi connectivity index (χ2n) is 7.80. The van der Waals surface area contributed by atoms with Crippen molar-refractivity contribution in [3.63, 3.8) is 0 Å². The Hall–Kier alpha value is -2.35. The fourth-order valence-electron chi connectivity index (χ4n) is 4.46. The topological polar surface area (TPSA) is 79.2 Å². The Balaban J connectivity index is 1.45. The van der Waals surface area contributed by atoms with Crippen molar-refractivity contribution < 1.29 is 4.79 Å². The average molecular weight is 404 g/mol. The van der Waals surface area contributed by atoms with Crippen molar-refractivity contribution in [2.75, 3.05) is 30.4 Å². The summed E-state index contributed by atoms with van der Waals surface area (Å²) in [6.07, 6.45) is 7.93. The van der Waals surface area contributed by atoms with Gasteiger partial charge in [-0.3, -0.25) is 9.48 Å². The summed E-state index contributed by atoms with van der Waals surface area (Å²) in [6.45, 7) is 3.70. The molecule has 1 N–H and O–H groups in total. The maximum Gasteiger partial charge on any atom is 0.229 e. The number of nitrogens with one attached hydrogen (secondary N) is 1. The van der Waals surface area contributed by atoms with Crippen LogP contribution >= 0.6 is 11.6 Å². The number of aryl methyl sites for hydroxylation is 1. The van der Waals surface area contributed by atoms with E-state index in [0.29, 0.717) is 35.3 Å². The van der Waals surface area contributed by atoms with E-state index in [1.54, 1.807) is 17.1 Å². The molecule has 2 atom stereocenters. The van der Waals surface area contributed by atoms with Crippen LogP contribution in [-0.2, 0) is 11.8 Å². The van der Waals surface area contributed by atoms with Gasteiger partial charge in [0, 0.05) is 45.8 Å². The summed E-state index contributed by atoms with van der Waals surface area (Å²) in [7, 11) is 3.90. The molecule has 2 aliphatic rings. The molecule has 0 aromatic carbocycles. The third-order valence-corrected chi connectivity index (χ3v) is 6.22. The van der Waals surface area contributed by atoms with E-state index in [1.165, 1.54) is 0 Å². The number of rotatable bonds is 5. The Kier molecular flexibility index (Phi) is 5.14. The van der Waals surface area contributed by atoms with Gasteiger partial charge in [-0.25, -0.2) is 4.98 Å². The second kappa shape index (κ2) is 7.58. The van der Waals surface area contributed by atoms with Crippen LogP contribution < -0.4 is 10.2 Å². The molecule has 1 saturated heterocycles. The minimum atomic E-state index is 0.268. The number of amides is 1. The zero-order chi connectivity index (χ0) is 19.8. The normalized spacial score (nSPS) is 23.7. The highest BCUT2D eigenvalue weighted by atomic mass is 35.5. The number of anilines is 3. The van der Waals surface area contributed by atoms with Gasteiger partial charge >= 0.3 is 0 Å². The quantitative estimate of drug-likeness (QED) is 0.826. The number of carbonyl (C=O) groups excluding carboxylic acids is 1. The predicted octanol–water partition coefficient (Wildman–Crippen LogP) is 2.69. The van der Waals surface area contributed by atoms with Gasteiger partial charge in [-0.15, -0.1) is 0 Å². The van der Waals surface area contributed by atoms with Crippen LogP contribution in [0.25, 0.3) is 0 Å². The van der Waals surface area contributed by atoms with E-state index >= 15 is 0 Å². The molecule has 2 unspecified atom stereocenters. The molecule has 3 heterocycles. The Labute approximate surface area is 169 Å². The first-order chi connectivity index (χ1) is 13.4. The molecule has 150 valence electrons. The fraction of sp³-hybridized carbons (Fsp3) is 0.579. The van der Waals surface area contributed by atoms with E-state index in [9.17, 15) is 4.79 Å². The summed E-state index contributed by atoms with van der Waals surface area (Å²) in [6, 6.07) is 0.368. The molecule has 1 aliphatic carbocycles. The molecular weight excluding hydrogens is 378 g/mol. The Morgan fingerprint density at radius 3 is 2.64 bits per heavy atom. The van der Waals surface area contributed by atoms with Crippen LogP contribution in [0, 0.1) is 11.8 Å². The standard InChI is InChI=1S/C19H26ClN7O/c1-4-17(28)27-9-12-5-15(6-13(12)10-27)26(3)18-16(20)8-21-19(24-18)23-14-7-22-25(2)11-14/h7-8,11-13,15H,4-6,9-10H2,1-3H3,(H,21,23,24). The number of fused-ring (bicyclic) bond motifs is 1. The van der Waals surface area contributed by atoms with E-state index in [-0.39, 0.29) is 5.91 Å². The van der Waals surface area contributed by atoms with E-state index < -0.39 is 0 Å². The van der Waals surface area contributed by atoms with Gasteiger partial charge in [0.25, 0.3) is 0 Å². The molecule has 1 aliphatic heterocycles. The van der Waals surface area contributed by atoms with Crippen molar-refractivity contribution in [2.24, 2.45) is 18.9 Å². The van der Waals surface area contributed by atoms with Crippen LogP contribution in [-0.4, -0.2) is 56.7 Å². The predicted molar refractivity (Wildman–Crippen MR) is 109 cm³/mol. The summed E-state index contributed by atoms with van der Waals surface area (Å²) in [5.41, 5.74) is 0.828. The maximum absolute atomic E-state index is 12.0. The van der Waals surface area contributed by atoms with Crippen molar-refractivity contribution in [3.05, 3.63) is 23.6 Å². The molecule has 0 spiro atoms. The second-order valence-corrected chi connectivity index (χ2v) is 8.21. The smallest absolute Gasteiger partial charge is 0.229 e. The lowest BCUT2D eigenvalue weighted by Crippen LogP contribution is -2.34. The van der Waals surface area contributed by atoms with Gasteiger partial charge in [-0.05, 0) is 24.7 Å². The summed E-state index contributed by atoms with van der Waals surface area (Å²) in [5.74, 6) is 2.63. The zero-order valence-corrected chi connectivity index (χ0v) is 17.2. The molecule has 2 aromatic heterocycles. The summed E-state index contributed by atoms with van der Waals surface area (Å²) < 4.78 is 1.72. The number of hydrogen-bond acceptors (Lipinski definition) is 6. The summed E-state index contributed by atoms with van der Waals surface area (Å²) in [5, 5.41) is 7.85. The molecular formula is C19H26ClN7O. The molecule has 0 radical (unpaired) electrons. The first-order valence-corrected chi connectivity index (χ1v) is 10.1. The molecule has 9 heteroatoms. The average Bonchev–Trinajstić information content (AvgIpc) is 3.36. The Bertz CT molecular complexity index is 856. The first-order valence-electron chi connectivity index (χ1n) is 9.73. The van der Waals surface area contributed by atoms with Crippen LogP contribution in [0.1, 0.15) is 26.2 Å². The van der Waals surface area contributed by atoms with Crippen LogP contribution in [0.15, 0.2) is 18.6 Å². The molecule has 2 fully saturated rings. The largest absolute Gasteiger partial charge is 0.355 e. The summed E-state index contributed by atoms with van der Waals surface area (Å²) >= 11 is 6.42. The third kappa shape index (κ3) is 3.65. The van der Waals surface area contributed by atoms with Crippen molar-refractivity contribution >= 4 is 35.0 Å². The summed E-state index contributed by atoms with van der Waals surface area (Å²) in [4.78, 5) is 25.1. The fourth-order valence-corrected chi connectivity index (χ4v) is 4.69. The van der Waals surface area contributed by atoms with Crippen LogP contribution in [0.5, 0.6) is 0 Å². The van der Waals surface area contributed by atoms with Crippen LogP contribution in [0.3, 0.4) is 0 Å². The highest BCUT2D eigenvalue weighted by Gasteiger charge is 2.43. The lowest BCUT2D eigenvalue weighted by atomic mass is 10.0. The van der Waals surface area contributed by atoms with Gasteiger partial charge < -0.3 is 15.1 Å². The molecule has 8 nitrogen and oxygen atoms in total. The van der Waals surface area contributed by atoms with Gasteiger partial charge in [0.15, 0.2) is 5.82 Å². The van der Waals surface area contributed by atoms with Crippen molar-refractivity contribution in [3.8, 4) is 0 Å². The minimum absolute atomic E-state index is 0.268. The zero-order valence-electron chi connectivity index (χ0n) is 16.5. The van der Waals surface area contributed by atoms with Crippen molar-refractivity contribution in [2.45, 2.75) is 32.2 Å². The number of likely N-dealkylation sites (tertiary alicyclic amines) is 1. The lowest BCUT2D eigenvalue weighted by molar-refractivity contribution is -0.130. The molecule has 28 heavy (non-hydrogen) atoms. The van der Waals surface area contributed by atoms with E-state index in [0.717, 1.165) is 37.4 Å². The number of nitrogens with zero attached hydrogens (tertiary/aromatic N) is 6. The minimum Gasteiger partial charge on any atom is -0.355 e. The Morgan fingerprint density at radius 1 is 1.32 bits per heavy atom.